The first kappa shape index (κ1) is 19.0. The van der Waals surface area contributed by atoms with Crippen LogP contribution in [0.4, 0.5) is 0 Å². The van der Waals surface area contributed by atoms with Gasteiger partial charge in [0.25, 0.3) is 5.91 Å². The average molecular weight is 388 g/mol. The number of aliphatic imine (C=N–C) groups is 1. The number of carbonyl (C=O) groups is 1. The number of aryl methyl sites for hydroxylation is 1. The van der Waals surface area contributed by atoms with Gasteiger partial charge >= 0.3 is 0 Å². The van der Waals surface area contributed by atoms with Crippen LogP contribution in [0.15, 0.2) is 71.8 Å². The summed E-state index contributed by atoms with van der Waals surface area (Å²) in [5, 5.41) is 6.14. The number of nitrogens with one attached hydrogen (secondary N) is 2. The molecule has 2 N–H and O–H groups in total. The first-order valence-electron chi connectivity index (χ1n) is 9.66. The van der Waals surface area contributed by atoms with Gasteiger partial charge in [0, 0.05) is 24.4 Å². The highest BCUT2D eigenvalue weighted by Crippen LogP contribution is 2.22. The third-order valence-corrected chi connectivity index (χ3v) is 5.01. The van der Waals surface area contributed by atoms with E-state index in [2.05, 4.69) is 59.1 Å². The van der Waals surface area contributed by atoms with Crippen molar-refractivity contribution in [1.82, 2.24) is 15.2 Å². The third-order valence-electron chi connectivity index (χ3n) is 5.01. The predicted molar refractivity (Wildman–Crippen MR) is 114 cm³/mol. The first-order valence-corrected chi connectivity index (χ1v) is 9.66. The van der Waals surface area contributed by atoms with Gasteiger partial charge in [-0.3, -0.25) is 4.79 Å². The molecular formula is C23H24N4O2. The number of rotatable bonds is 6. The van der Waals surface area contributed by atoms with Crippen molar-refractivity contribution in [2.45, 2.75) is 19.4 Å². The van der Waals surface area contributed by atoms with E-state index in [9.17, 15) is 4.79 Å². The van der Waals surface area contributed by atoms with Gasteiger partial charge in [0.2, 0.25) is 0 Å². The van der Waals surface area contributed by atoms with Crippen LogP contribution in [0.5, 0.6) is 0 Å². The summed E-state index contributed by atoms with van der Waals surface area (Å²) in [6.45, 7) is 7.49. The molecule has 148 valence electrons. The molecule has 0 unspecified atom stereocenters. The van der Waals surface area contributed by atoms with Crippen molar-refractivity contribution in [3.05, 3.63) is 83.5 Å². The van der Waals surface area contributed by atoms with Gasteiger partial charge in [0.05, 0.1) is 42.8 Å². The molecule has 29 heavy (non-hydrogen) atoms. The normalized spacial score (nSPS) is 15.8. The molecule has 0 spiro atoms. The van der Waals surface area contributed by atoms with Gasteiger partial charge in [0.15, 0.2) is 0 Å². The molecule has 0 saturated carbocycles. The van der Waals surface area contributed by atoms with Crippen molar-refractivity contribution in [3.63, 3.8) is 0 Å². The van der Waals surface area contributed by atoms with Gasteiger partial charge < -0.3 is 19.9 Å². The molecule has 6 nitrogen and oxygen atoms in total. The van der Waals surface area contributed by atoms with Crippen LogP contribution >= 0.6 is 0 Å². The molecule has 1 amide bonds. The van der Waals surface area contributed by atoms with Gasteiger partial charge in [0.1, 0.15) is 5.84 Å². The van der Waals surface area contributed by atoms with E-state index in [1.54, 1.807) is 0 Å². The van der Waals surface area contributed by atoms with Gasteiger partial charge in [-0.2, -0.15) is 0 Å². The topological polar surface area (TPSA) is 67.7 Å². The maximum atomic E-state index is 12.4. The maximum Gasteiger partial charge on any atom is 0.253 e. The highest BCUT2D eigenvalue weighted by atomic mass is 16.5. The highest BCUT2D eigenvalue weighted by molar-refractivity contribution is 5.96. The van der Waals surface area contributed by atoms with Crippen LogP contribution in [-0.4, -0.2) is 36.1 Å². The molecule has 3 heterocycles. The van der Waals surface area contributed by atoms with E-state index in [0.29, 0.717) is 43.5 Å². The van der Waals surface area contributed by atoms with Crippen LogP contribution in [0.25, 0.3) is 5.70 Å². The number of aromatic nitrogens is 1. The Morgan fingerprint density at radius 1 is 1.38 bits per heavy atom. The van der Waals surface area contributed by atoms with Crippen LogP contribution in [0, 0.1) is 6.92 Å². The minimum atomic E-state index is -0.134. The molecule has 0 radical (unpaired) electrons. The number of ether oxygens (including phenoxy) is 1. The molecule has 1 aromatic carbocycles. The van der Waals surface area contributed by atoms with E-state index in [0.717, 1.165) is 17.1 Å². The Morgan fingerprint density at radius 2 is 2.24 bits per heavy atom. The zero-order valence-electron chi connectivity index (χ0n) is 16.4. The lowest BCUT2D eigenvalue weighted by Gasteiger charge is -2.27. The fraction of sp³-hybridized carbons (Fsp3) is 0.261. The largest absolute Gasteiger partial charge is 0.377 e. The van der Waals surface area contributed by atoms with E-state index >= 15 is 0 Å². The van der Waals surface area contributed by atoms with Crippen LogP contribution in [0.1, 0.15) is 33.9 Å². The van der Waals surface area contributed by atoms with E-state index in [-0.39, 0.29) is 5.91 Å². The zero-order valence-corrected chi connectivity index (χ0v) is 16.4. The van der Waals surface area contributed by atoms with Gasteiger partial charge in [-0.1, -0.05) is 36.4 Å². The van der Waals surface area contributed by atoms with E-state index in [1.165, 1.54) is 5.56 Å². The van der Waals surface area contributed by atoms with Crippen LogP contribution < -0.4 is 10.6 Å². The Labute approximate surface area is 170 Å². The molecule has 2 aromatic rings. The number of nitrogens with zero attached hydrogens (tertiary/aromatic N) is 2. The van der Waals surface area contributed by atoms with Crippen molar-refractivity contribution in [2.75, 3.05) is 19.8 Å². The molecule has 0 atom stereocenters. The van der Waals surface area contributed by atoms with Crippen molar-refractivity contribution in [3.8, 4) is 0 Å². The molecule has 1 aromatic heterocycles. The molecule has 2 aliphatic rings. The number of amidine groups is 1. The van der Waals surface area contributed by atoms with Crippen LogP contribution in [0.3, 0.4) is 0 Å². The molecule has 2 aliphatic heterocycles. The van der Waals surface area contributed by atoms with Crippen molar-refractivity contribution < 1.29 is 9.53 Å². The highest BCUT2D eigenvalue weighted by Gasteiger charge is 2.21. The molecule has 1 saturated heterocycles. The number of hydrogen-bond donors (Lipinski definition) is 2. The quantitative estimate of drug-likeness (QED) is 0.747. The zero-order chi connectivity index (χ0) is 20.2. The Bertz CT molecular complexity index is 1040. The van der Waals surface area contributed by atoms with Crippen LogP contribution in [0.2, 0.25) is 0 Å². The van der Waals surface area contributed by atoms with Crippen LogP contribution in [-0.2, 0) is 4.74 Å². The third kappa shape index (κ3) is 4.40. The van der Waals surface area contributed by atoms with Crippen molar-refractivity contribution in [1.29, 1.82) is 0 Å². The molecule has 0 aliphatic carbocycles. The minimum absolute atomic E-state index is 0.134. The number of carbonyl (C=O) groups excluding carboxylic acids is 1. The smallest absolute Gasteiger partial charge is 0.253 e. The number of amides is 1. The fourth-order valence-corrected chi connectivity index (χ4v) is 3.26. The first-order chi connectivity index (χ1) is 14.1. The summed E-state index contributed by atoms with van der Waals surface area (Å²) >= 11 is 0. The van der Waals surface area contributed by atoms with Gasteiger partial charge in [-0.25, -0.2) is 4.99 Å². The molecule has 6 heteroatoms. The second-order valence-corrected chi connectivity index (χ2v) is 7.22. The standard InChI is InChI=1S/C23H24N4O2/c1-3-19(12-24-23(28)18-9-10-27(13-18)20-14-29-15-20)25-22-8-7-21(26-22)17-6-4-5-16(2)11-17/h4-7,9-11,13,20H,1,8,12,14-15H2,2H3,(H,24,28)(H,25,26). The molecule has 0 bridgehead atoms. The second-order valence-electron chi connectivity index (χ2n) is 7.22. The predicted octanol–water partition coefficient (Wildman–Crippen LogP) is 3.20. The Morgan fingerprint density at radius 3 is 2.97 bits per heavy atom. The molecule has 4 rings (SSSR count). The average Bonchev–Trinajstić information content (AvgIpc) is 3.33. The number of benzene rings is 1. The lowest BCUT2D eigenvalue weighted by atomic mass is 10.1. The van der Waals surface area contributed by atoms with Crippen molar-refractivity contribution >= 4 is 17.4 Å². The lowest BCUT2D eigenvalue weighted by molar-refractivity contribution is -0.0231. The monoisotopic (exact) mass is 388 g/mol. The Hall–Kier alpha value is -3.34. The summed E-state index contributed by atoms with van der Waals surface area (Å²) < 4.78 is 7.21. The van der Waals surface area contributed by atoms with Gasteiger partial charge in [-0.15, -0.1) is 5.73 Å². The van der Waals surface area contributed by atoms with Crippen molar-refractivity contribution in [2.24, 2.45) is 4.99 Å². The summed E-state index contributed by atoms with van der Waals surface area (Å²) in [6.07, 6.45) is 6.56. The van der Waals surface area contributed by atoms with E-state index in [4.69, 9.17) is 4.74 Å². The maximum absolute atomic E-state index is 12.4. The second kappa shape index (κ2) is 8.35. The van der Waals surface area contributed by atoms with Gasteiger partial charge in [-0.05, 0) is 19.1 Å². The fourth-order valence-electron chi connectivity index (χ4n) is 3.26. The summed E-state index contributed by atoms with van der Waals surface area (Å²) in [5.74, 6) is 0.684. The van der Waals surface area contributed by atoms with E-state index < -0.39 is 0 Å². The summed E-state index contributed by atoms with van der Waals surface area (Å²) in [6, 6.07) is 10.4. The summed E-state index contributed by atoms with van der Waals surface area (Å²) in [7, 11) is 0. The SMILES string of the molecule is C=C=C(CNC(=O)c1ccn(C2COC2)c1)NC1=NC(c2cccc(C)c2)=CC1. The number of hydrogen-bond acceptors (Lipinski definition) is 4. The Kier molecular flexibility index (Phi) is 5.47. The summed E-state index contributed by atoms with van der Waals surface area (Å²) in [5.41, 5.74) is 7.41. The minimum Gasteiger partial charge on any atom is -0.377 e. The molecule has 1 fully saturated rings. The van der Waals surface area contributed by atoms with E-state index in [1.807, 2.05) is 29.1 Å². The summed E-state index contributed by atoms with van der Waals surface area (Å²) in [4.78, 5) is 17.1. The molecular weight excluding hydrogens is 364 g/mol. The Balaban J connectivity index is 1.32. The lowest BCUT2D eigenvalue weighted by Crippen LogP contribution is -2.32.